The van der Waals surface area contributed by atoms with Gasteiger partial charge in [0.25, 0.3) is 0 Å². The van der Waals surface area contributed by atoms with Crippen LogP contribution in [0.15, 0.2) is 78.9 Å². The minimum atomic E-state index is -1.01. The van der Waals surface area contributed by atoms with E-state index < -0.39 is 29.4 Å². The summed E-state index contributed by atoms with van der Waals surface area (Å²) in [5, 5.41) is 0. The summed E-state index contributed by atoms with van der Waals surface area (Å²) in [5.74, 6) is 1.09. The molecule has 5 rings (SSSR count). The summed E-state index contributed by atoms with van der Waals surface area (Å²) in [6, 6.07) is 25.6. The molecule has 7 nitrogen and oxygen atoms in total. The van der Waals surface area contributed by atoms with Gasteiger partial charge in [0.15, 0.2) is 0 Å². The Balaban J connectivity index is 0.00000320. The zero-order valence-electron chi connectivity index (χ0n) is 21.0. The summed E-state index contributed by atoms with van der Waals surface area (Å²) in [7, 11) is 3.27. The number of hydrogen-bond acceptors (Lipinski definition) is 7. The van der Waals surface area contributed by atoms with Crippen LogP contribution in [0.5, 0.6) is 11.5 Å². The molecule has 2 heterocycles. The molecule has 0 spiro atoms. The average molecular weight is 728 g/mol. The maximum atomic E-state index is 11.8. The fourth-order valence-corrected chi connectivity index (χ4v) is 4.94. The maximum Gasteiger partial charge on any atom is 2.00 e. The summed E-state index contributed by atoms with van der Waals surface area (Å²) < 4.78 is 35.3. The van der Waals surface area contributed by atoms with Gasteiger partial charge in [-0.25, -0.2) is 0 Å². The molecule has 0 aliphatic carbocycles. The molecule has 2 aliphatic rings. The third kappa shape index (κ3) is 5.19. The van der Waals surface area contributed by atoms with Crippen molar-refractivity contribution in [3.63, 3.8) is 0 Å². The fourth-order valence-electron chi connectivity index (χ4n) is 4.94. The van der Waals surface area contributed by atoms with E-state index in [-0.39, 0.29) is 44.3 Å². The van der Waals surface area contributed by atoms with E-state index in [0.29, 0.717) is 0 Å². The second-order valence-electron chi connectivity index (χ2n) is 8.92. The van der Waals surface area contributed by atoms with E-state index in [1.54, 1.807) is 20.8 Å². The van der Waals surface area contributed by atoms with Gasteiger partial charge in [0, 0.05) is 6.92 Å². The maximum absolute atomic E-state index is 11.8. The van der Waals surface area contributed by atoms with Crippen molar-refractivity contribution in [3.8, 4) is 11.5 Å². The molecule has 3 aromatic carbocycles. The first-order valence-corrected chi connectivity index (χ1v) is 11.8. The predicted molar refractivity (Wildman–Crippen MR) is 132 cm³/mol. The number of carbonyl (C=O) groups excluding carboxylic acids is 1. The Morgan fingerprint density at radius 2 is 1.46 bits per heavy atom. The number of ether oxygens (including phenoxy) is 6. The van der Waals surface area contributed by atoms with Gasteiger partial charge >= 0.3 is 37.1 Å². The Morgan fingerprint density at radius 3 is 1.92 bits per heavy atom. The Bertz CT molecular complexity index is 1130. The van der Waals surface area contributed by atoms with Gasteiger partial charge in [-0.2, -0.15) is 6.61 Å². The van der Waals surface area contributed by atoms with Gasteiger partial charge in [0.2, 0.25) is 0 Å². The first-order chi connectivity index (χ1) is 17.5. The normalized spacial score (nSPS) is 22.2. The van der Waals surface area contributed by atoms with Crippen molar-refractivity contribution in [1.29, 1.82) is 0 Å². The molecule has 2 fully saturated rings. The Hall–Kier alpha value is -2.34. The Kier molecular flexibility index (Phi) is 8.67. The smallest absolute Gasteiger partial charge is 0.539 e. The summed E-state index contributed by atoms with van der Waals surface area (Å²) in [6.45, 7) is 3.34. The van der Waals surface area contributed by atoms with Gasteiger partial charge in [-0.3, -0.25) is 4.79 Å². The van der Waals surface area contributed by atoms with Crippen LogP contribution in [0, 0.1) is 37.7 Å². The molecule has 0 saturated carbocycles. The predicted octanol–water partition coefficient (Wildman–Crippen LogP) is 4.27. The van der Waals surface area contributed by atoms with E-state index in [2.05, 4.69) is 0 Å². The molecule has 2 aliphatic heterocycles. The van der Waals surface area contributed by atoms with Crippen molar-refractivity contribution in [2.75, 3.05) is 27.4 Å². The molecule has 3 aromatic rings. The van der Waals surface area contributed by atoms with E-state index in [9.17, 15) is 4.79 Å². The van der Waals surface area contributed by atoms with E-state index in [4.69, 9.17) is 28.4 Å². The van der Waals surface area contributed by atoms with Crippen LogP contribution >= 0.6 is 0 Å². The quantitative estimate of drug-likeness (QED) is 0.185. The second-order valence-corrected chi connectivity index (χ2v) is 8.92. The molecule has 8 heteroatoms. The largest absolute Gasteiger partial charge is 2.00 e. The second kappa shape index (κ2) is 11.6. The number of fused-ring (bicyclic) bond motifs is 2. The van der Waals surface area contributed by atoms with Gasteiger partial charge in [0.05, 0.1) is 27.4 Å². The van der Waals surface area contributed by atoms with Crippen LogP contribution in [0.4, 0.5) is 0 Å². The van der Waals surface area contributed by atoms with Crippen molar-refractivity contribution in [2.45, 2.75) is 30.3 Å². The summed E-state index contributed by atoms with van der Waals surface area (Å²) >= 11 is 0. The number of methoxy groups -OCH3 is 2. The van der Waals surface area contributed by atoms with Gasteiger partial charge < -0.3 is 28.4 Å². The van der Waals surface area contributed by atoms with Crippen LogP contribution in [0.2, 0.25) is 0 Å². The molecule has 0 amide bonds. The van der Waals surface area contributed by atoms with Crippen LogP contribution in [-0.4, -0.2) is 51.2 Å². The number of esters is 1. The molecule has 3 unspecified atom stereocenters. The first-order valence-electron chi connectivity index (χ1n) is 11.8. The van der Waals surface area contributed by atoms with Gasteiger partial charge in [-0.15, -0.1) is 0 Å². The first kappa shape index (κ1) is 27.7. The summed E-state index contributed by atoms with van der Waals surface area (Å²) in [6.07, 6.45) is -1.01. The summed E-state index contributed by atoms with van der Waals surface area (Å²) in [4.78, 5) is 11.8. The Labute approximate surface area is 240 Å². The molecular formula is C29H29O7U+. The summed E-state index contributed by atoms with van der Waals surface area (Å²) in [5.41, 5.74) is 0.766. The van der Waals surface area contributed by atoms with E-state index in [1.165, 1.54) is 6.92 Å². The number of carbonyl (C=O) groups is 1. The zero-order valence-corrected chi connectivity index (χ0v) is 25.2. The fraction of sp³-hybridized carbons (Fsp3) is 0.310. The van der Waals surface area contributed by atoms with Crippen LogP contribution in [0.25, 0.3) is 0 Å². The van der Waals surface area contributed by atoms with Crippen molar-refractivity contribution in [2.24, 2.45) is 0 Å². The van der Waals surface area contributed by atoms with Gasteiger partial charge in [-0.05, 0) is 47.1 Å². The van der Waals surface area contributed by atoms with Crippen LogP contribution in [0.3, 0.4) is 0 Å². The standard InChI is InChI=1S/C29H29O7.U/c1-20(30)36-27-26-17-34-28(27,18-33-26)19-35-29(21-7-5-4-6-8-21,22-9-13-24(31-2)14-10-22)23-11-15-25(32-3)16-12-23;/h4-17,26-27H,18-19H2,1-3H3;/q-1;+2. The van der Waals surface area contributed by atoms with Gasteiger partial charge in [0.1, 0.15) is 28.8 Å². The molecular weight excluding hydrogens is 698 g/mol. The number of rotatable bonds is 9. The molecule has 2 bridgehead atoms. The number of hydrogen-bond donors (Lipinski definition) is 0. The molecule has 2 saturated heterocycles. The average Bonchev–Trinajstić information content (AvgIpc) is 3.43. The van der Waals surface area contributed by atoms with Crippen molar-refractivity contribution < 1.29 is 64.3 Å². The molecule has 3 atom stereocenters. The zero-order chi connectivity index (χ0) is 25.2. The van der Waals surface area contributed by atoms with E-state index >= 15 is 0 Å². The monoisotopic (exact) mass is 727 g/mol. The van der Waals surface area contributed by atoms with Crippen molar-refractivity contribution >= 4 is 5.97 Å². The topological polar surface area (TPSA) is 72.5 Å². The minimum Gasteiger partial charge on any atom is -0.539 e. The number of benzene rings is 3. The van der Waals surface area contributed by atoms with Gasteiger partial charge in [-0.1, -0.05) is 54.6 Å². The van der Waals surface area contributed by atoms with E-state index in [1.807, 2.05) is 78.9 Å². The van der Waals surface area contributed by atoms with Crippen molar-refractivity contribution in [1.82, 2.24) is 0 Å². The molecule has 37 heavy (non-hydrogen) atoms. The van der Waals surface area contributed by atoms with Crippen LogP contribution < -0.4 is 9.47 Å². The minimum absolute atomic E-state index is 0. The molecule has 0 N–H and O–H groups in total. The SMILES string of the molecule is COc1ccc(C(OCC23COC([CH-]O2)C3OC(C)=O)(c2ccccc2)c2ccc(OC)cc2)cc1.[U+2]. The van der Waals surface area contributed by atoms with E-state index in [0.717, 1.165) is 28.2 Å². The Morgan fingerprint density at radius 1 is 0.919 bits per heavy atom. The molecule has 0 aromatic heterocycles. The third-order valence-corrected chi connectivity index (χ3v) is 6.77. The third-order valence-electron chi connectivity index (χ3n) is 6.77. The van der Waals surface area contributed by atoms with Crippen LogP contribution in [0.1, 0.15) is 23.6 Å². The van der Waals surface area contributed by atoms with Crippen LogP contribution in [-0.2, 0) is 29.3 Å². The molecule has 0 radical (unpaired) electrons. The van der Waals surface area contributed by atoms with Crippen molar-refractivity contribution in [3.05, 3.63) is 102 Å². The molecule has 190 valence electrons.